The van der Waals surface area contributed by atoms with Gasteiger partial charge in [0.25, 0.3) is 0 Å². The summed E-state index contributed by atoms with van der Waals surface area (Å²) in [5.74, 6) is -1.77. The summed E-state index contributed by atoms with van der Waals surface area (Å²) in [4.78, 5) is 21.0. The standard InChI is InChI=1S/C6H11NO3.ClH/c1-3-6(7,4(2)8)5(9)10;/h3,7H2,1-2H3,(H,9,10);1H. The van der Waals surface area contributed by atoms with Crippen molar-refractivity contribution in [1.29, 1.82) is 0 Å². The number of rotatable bonds is 3. The summed E-state index contributed by atoms with van der Waals surface area (Å²) in [7, 11) is 0. The number of hydrogen-bond donors (Lipinski definition) is 2. The lowest BCUT2D eigenvalue weighted by atomic mass is 9.93. The topological polar surface area (TPSA) is 80.4 Å². The van der Waals surface area contributed by atoms with E-state index in [9.17, 15) is 9.59 Å². The number of carbonyl (C=O) groups excluding carboxylic acids is 1. The van der Waals surface area contributed by atoms with Crippen molar-refractivity contribution >= 4 is 24.2 Å². The fourth-order valence-electron chi connectivity index (χ4n) is 0.551. The average molecular weight is 182 g/mol. The molecule has 0 rings (SSSR count). The number of ketones is 1. The molecule has 66 valence electrons. The molecule has 0 bridgehead atoms. The first-order valence-corrected chi connectivity index (χ1v) is 2.98. The first-order valence-electron chi connectivity index (χ1n) is 2.98. The average Bonchev–Trinajstić information content (AvgIpc) is 1.85. The van der Waals surface area contributed by atoms with Crippen molar-refractivity contribution in [3.05, 3.63) is 0 Å². The maximum Gasteiger partial charge on any atom is 0.331 e. The minimum Gasteiger partial charge on any atom is -0.480 e. The number of carboxylic acids is 1. The van der Waals surface area contributed by atoms with Crippen molar-refractivity contribution in [3.8, 4) is 0 Å². The predicted molar refractivity (Wildman–Crippen MR) is 42.8 cm³/mol. The van der Waals surface area contributed by atoms with E-state index < -0.39 is 17.3 Å². The molecule has 1 atom stereocenters. The van der Waals surface area contributed by atoms with Gasteiger partial charge >= 0.3 is 5.97 Å². The highest BCUT2D eigenvalue weighted by molar-refractivity contribution is 6.06. The van der Waals surface area contributed by atoms with E-state index in [4.69, 9.17) is 10.8 Å². The molecule has 0 aromatic heterocycles. The summed E-state index contributed by atoms with van der Waals surface area (Å²) >= 11 is 0. The molecule has 0 aliphatic carbocycles. The number of Topliss-reactive ketones (excluding diaryl/α,β-unsaturated/α-hetero) is 1. The Bertz CT molecular complexity index is 155. The van der Waals surface area contributed by atoms with Crippen molar-refractivity contribution < 1.29 is 14.7 Å². The highest BCUT2D eigenvalue weighted by Gasteiger charge is 2.36. The molecule has 0 heterocycles. The molecule has 5 heteroatoms. The first-order chi connectivity index (χ1) is 4.45. The summed E-state index contributed by atoms with van der Waals surface area (Å²) in [6.45, 7) is 2.74. The number of halogens is 1. The summed E-state index contributed by atoms with van der Waals surface area (Å²) < 4.78 is 0. The van der Waals surface area contributed by atoms with Crippen LogP contribution in [0.4, 0.5) is 0 Å². The van der Waals surface area contributed by atoms with Gasteiger partial charge in [-0.2, -0.15) is 0 Å². The Morgan fingerprint density at radius 2 is 1.91 bits per heavy atom. The van der Waals surface area contributed by atoms with Gasteiger partial charge in [0.15, 0.2) is 11.3 Å². The summed E-state index contributed by atoms with van der Waals surface area (Å²) in [6.07, 6.45) is 0.123. The second kappa shape index (κ2) is 4.31. The second-order valence-electron chi connectivity index (χ2n) is 2.19. The summed E-state index contributed by atoms with van der Waals surface area (Å²) in [6, 6.07) is 0. The van der Waals surface area contributed by atoms with Gasteiger partial charge in [0.05, 0.1) is 0 Å². The van der Waals surface area contributed by atoms with Gasteiger partial charge in [0.1, 0.15) is 0 Å². The van der Waals surface area contributed by atoms with Gasteiger partial charge in [0.2, 0.25) is 0 Å². The van der Waals surface area contributed by atoms with E-state index in [2.05, 4.69) is 0 Å². The van der Waals surface area contributed by atoms with Crippen LogP contribution in [0, 0.1) is 0 Å². The van der Waals surface area contributed by atoms with Crippen molar-refractivity contribution in [2.24, 2.45) is 5.73 Å². The molecule has 3 N–H and O–H groups in total. The van der Waals surface area contributed by atoms with Gasteiger partial charge in [-0.3, -0.25) is 4.79 Å². The molecule has 0 aliphatic rings. The molecule has 1 unspecified atom stereocenters. The Balaban J connectivity index is 0. The smallest absolute Gasteiger partial charge is 0.331 e. The molecule has 4 nitrogen and oxygen atoms in total. The minimum absolute atomic E-state index is 0. The quantitative estimate of drug-likeness (QED) is 0.609. The van der Waals surface area contributed by atoms with E-state index >= 15 is 0 Å². The summed E-state index contributed by atoms with van der Waals surface area (Å²) in [5, 5.41) is 8.46. The highest BCUT2D eigenvalue weighted by Crippen LogP contribution is 2.06. The van der Waals surface area contributed by atoms with E-state index in [1.54, 1.807) is 6.92 Å². The van der Waals surface area contributed by atoms with Crippen LogP contribution in [0.15, 0.2) is 0 Å². The second-order valence-corrected chi connectivity index (χ2v) is 2.19. The number of carbonyl (C=O) groups is 2. The molecule has 0 saturated carbocycles. The third kappa shape index (κ3) is 2.48. The Labute approximate surface area is 71.2 Å². The van der Waals surface area contributed by atoms with Crippen LogP contribution in [-0.4, -0.2) is 22.4 Å². The number of carboxylic acid groups (broad SMARTS) is 1. The molecule has 0 saturated heterocycles. The SMILES string of the molecule is CCC(N)(C(C)=O)C(=O)O.Cl. The Kier molecular flexibility index (Phi) is 5.09. The molecule has 0 radical (unpaired) electrons. The Morgan fingerprint density at radius 3 is 1.91 bits per heavy atom. The molecular formula is C6H12ClNO3. The third-order valence-corrected chi connectivity index (χ3v) is 1.57. The van der Waals surface area contributed by atoms with Crippen molar-refractivity contribution in [3.63, 3.8) is 0 Å². The van der Waals surface area contributed by atoms with Crippen LogP contribution in [0.3, 0.4) is 0 Å². The van der Waals surface area contributed by atoms with Gasteiger partial charge in [-0.15, -0.1) is 12.4 Å². The number of hydrogen-bond acceptors (Lipinski definition) is 3. The lowest BCUT2D eigenvalue weighted by Gasteiger charge is -2.18. The predicted octanol–water partition coefficient (Wildman–Crippen LogP) is 0.189. The van der Waals surface area contributed by atoms with E-state index in [1.165, 1.54) is 6.92 Å². The van der Waals surface area contributed by atoms with Gasteiger partial charge in [-0.05, 0) is 13.3 Å². The van der Waals surface area contributed by atoms with Gasteiger partial charge in [-0.1, -0.05) is 6.92 Å². The van der Waals surface area contributed by atoms with Gasteiger partial charge in [0, 0.05) is 0 Å². The van der Waals surface area contributed by atoms with Crippen LogP contribution in [0.1, 0.15) is 20.3 Å². The molecule has 0 spiro atoms. The maximum absolute atomic E-state index is 10.6. The van der Waals surface area contributed by atoms with Crippen LogP contribution in [0.5, 0.6) is 0 Å². The third-order valence-electron chi connectivity index (χ3n) is 1.57. The molecule has 0 aromatic carbocycles. The highest BCUT2D eigenvalue weighted by atomic mass is 35.5. The fraction of sp³-hybridized carbons (Fsp3) is 0.667. The van der Waals surface area contributed by atoms with E-state index in [0.717, 1.165) is 0 Å². The van der Waals surface area contributed by atoms with E-state index in [-0.39, 0.29) is 18.8 Å². The van der Waals surface area contributed by atoms with Gasteiger partial charge < -0.3 is 10.8 Å². The summed E-state index contributed by atoms with van der Waals surface area (Å²) in [5.41, 5.74) is 3.55. The fourth-order valence-corrected chi connectivity index (χ4v) is 0.551. The lowest BCUT2D eigenvalue weighted by Crippen LogP contribution is -2.53. The Hall–Kier alpha value is -0.610. The van der Waals surface area contributed by atoms with Crippen molar-refractivity contribution in [1.82, 2.24) is 0 Å². The number of nitrogens with two attached hydrogens (primary N) is 1. The zero-order valence-electron chi connectivity index (χ0n) is 6.46. The molecular weight excluding hydrogens is 170 g/mol. The normalized spacial score (nSPS) is 14.5. The molecule has 0 aromatic rings. The van der Waals surface area contributed by atoms with Crippen LogP contribution in [-0.2, 0) is 9.59 Å². The van der Waals surface area contributed by atoms with Crippen LogP contribution in [0.2, 0.25) is 0 Å². The van der Waals surface area contributed by atoms with Crippen LogP contribution < -0.4 is 5.73 Å². The minimum atomic E-state index is -1.68. The van der Waals surface area contributed by atoms with Crippen molar-refractivity contribution in [2.45, 2.75) is 25.8 Å². The Morgan fingerprint density at radius 1 is 1.55 bits per heavy atom. The lowest BCUT2D eigenvalue weighted by molar-refractivity contribution is -0.147. The molecule has 11 heavy (non-hydrogen) atoms. The zero-order chi connectivity index (χ0) is 8.36. The first kappa shape index (κ1) is 13.0. The largest absolute Gasteiger partial charge is 0.480 e. The van der Waals surface area contributed by atoms with Crippen LogP contribution in [0.25, 0.3) is 0 Å². The van der Waals surface area contributed by atoms with Gasteiger partial charge in [-0.25, -0.2) is 4.79 Å². The van der Waals surface area contributed by atoms with Crippen LogP contribution >= 0.6 is 12.4 Å². The van der Waals surface area contributed by atoms with E-state index in [1.807, 2.05) is 0 Å². The molecule has 0 fully saturated rings. The number of aliphatic carboxylic acids is 1. The monoisotopic (exact) mass is 181 g/mol. The zero-order valence-corrected chi connectivity index (χ0v) is 7.27. The van der Waals surface area contributed by atoms with Crippen molar-refractivity contribution in [2.75, 3.05) is 0 Å². The maximum atomic E-state index is 10.6. The molecule has 0 aliphatic heterocycles. The molecule has 0 amide bonds. The van der Waals surface area contributed by atoms with E-state index in [0.29, 0.717) is 0 Å².